The number of rotatable bonds is 11. The van der Waals surface area contributed by atoms with Gasteiger partial charge in [0.25, 0.3) is 0 Å². The molecule has 2 radical (unpaired) electrons. The number of hydrogen-bond donors (Lipinski definition) is 0. The molecule has 4 aromatic rings. The first-order valence-electron chi connectivity index (χ1n) is 14.9. The molecule has 6 heteroatoms. The summed E-state index contributed by atoms with van der Waals surface area (Å²) in [5, 5.41) is 8.47. The first kappa shape index (κ1) is 28.0. The highest BCUT2D eigenvalue weighted by atomic mass is 31.1. The number of aryl methyl sites for hydroxylation is 2. The van der Waals surface area contributed by atoms with E-state index in [4.69, 9.17) is 5.91 Å². The molecule has 1 unspecified atom stereocenters. The maximum atomic E-state index is 10.5. The fourth-order valence-electron chi connectivity index (χ4n) is 6.37. The average Bonchev–Trinajstić information content (AvgIpc) is 3.52. The number of hydrogen-bond acceptors (Lipinski definition) is 3. The number of benzene rings is 3. The molecular formula is C33H41BFN2OP. The topological polar surface area (TPSA) is 38.9 Å². The van der Waals surface area contributed by atoms with Gasteiger partial charge in [-0.1, -0.05) is 113 Å². The summed E-state index contributed by atoms with van der Waals surface area (Å²) in [6.07, 6.45) is 12.8. The number of halogens is 1. The minimum absolute atomic E-state index is 0.0834. The van der Waals surface area contributed by atoms with Crippen LogP contribution in [0.5, 0.6) is 0 Å². The van der Waals surface area contributed by atoms with E-state index in [2.05, 4.69) is 94.1 Å². The molecule has 0 bridgehead atoms. The molecule has 0 saturated heterocycles. The zero-order valence-electron chi connectivity index (χ0n) is 24.9. The molecule has 39 heavy (non-hydrogen) atoms. The van der Waals surface area contributed by atoms with Crippen LogP contribution in [-0.4, -0.2) is 19.2 Å². The summed E-state index contributed by atoms with van der Waals surface area (Å²) < 4.78 is 21.4. The Balaban J connectivity index is 0.000000867. The number of fused-ring (bicyclic) bond motifs is 4. The zero-order chi connectivity index (χ0) is 28.7. The maximum Gasteiger partial charge on any atom is 0.151 e. The largest absolute Gasteiger partial charge is 0.243 e. The third-order valence-corrected chi connectivity index (χ3v) is 8.36. The van der Waals surface area contributed by atoms with Crippen molar-refractivity contribution in [1.82, 2.24) is 10.3 Å². The van der Waals surface area contributed by atoms with Crippen LogP contribution in [0.3, 0.4) is 0 Å². The third kappa shape index (κ3) is 6.14. The number of aromatic nitrogens is 2. The summed E-state index contributed by atoms with van der Waals surface area (Å²) in [6.45, 7) is 8.92. The van der Waals surface area contributed by atoms with Crippen LogP contribution in [0.2, 0.25) is 0 Å². The molecule has 0 fully saturated rings. The van der Waals surface area contributed by atoms with Crippen molar-refractivity contribution >= 4 is 27.3 Å². The molecule has 1 aromatic heterocycles. The van der Waals surface area contributed by atoms with E-state index in [-0.39, 0.29) is 5.41 Å². The molecule has 0 spiro atoms. The van der Waals surface area contributed by atoms with Crippen molar-refractivity contribution < 1.29 is 8.83 Å². The second kappa shape index (κ2) is 13.7. The van der Waals surface area contributed by atoms with Crippen molar-refractivity contribution in [2.24, 2.45) is 0 Å². The van der Waals surface area contributed by atoms with Gasteiger partial charge >= 0.3 is 0 Å². The van der Waals surface area contributed by atoms with Gasteiger partial charge in [-0.25, -0.2) is 8.83 Å². The quantitative estimate of drug-likeness (QED) is 0.107. The molecule has 0 N–H and O–H groups in total. The lowest BCUT2D eigenvalue weighted by Gasteiger charge is -2.33. The molecule has 1 aliphatic carbocycles. The van der Waals surface area contributed by atoms with Gasteiger partial charge in [0.15, 0.2) is 7.57 Å². The Morgan fingerprint density at radius 2 is 1.36 bits per heavy atom. The second-order valence-corrected chi connectivity index (χ2v) is 11.2. The van der Waals surface area contributed by atoms with Gasteiger partial charge in [0.2, 0.25) is 0 Å². The van der Waals surface area contributed by atoms with Crippen molar-refractivity contribution in [1.29, 1.82) is 1.28 Å². The molecule has 204 valence electrons. The minimum Gasteiger partial charge on any atom is -0.243 e. The van der Waals surface area contributed by atoms with Crippen molar-refractivity contribution in [2.45, 2.75) is 97.3 Å². The van der Waals surface area contributed by atoms with Crippen LogP contribution >= 0.6 is 8.72 Å². The summed E-state index contributed by atoms with van der Waals surface area (Å²) in [4.78, 5) is 0. The van der Waals surface area contributed by atoms with E-state index in [1.807, 2.05) is 0 Å². The Kier molecular flexibility index (Phi) is 9.85. The predicted molar refractivity (Wildman–Crippen MR) is 166 cm³/mol. The van der Waals surface area contributed by atoms with Gasteiger partial charge in [-0.15, -0.1) is 0 Å². The second-order valence-electron chi connectivity index (χ2n) is 11.0. The number of unbranched alkanes of at least 4 members (excludes halogenated alkanes) is 6. The molecule has 1 atom stereocenters. The first-order valence-corrected chi connectivity index (χ1v) is 15.4. The molecule has 0 saturated carbocycles. The van der Waals surface area contributed by atoms with Crippen LogP contribution in [0.1, 0.15) is 100 Å². The van der Waals surface area contributed by atoms with E-state index in [0.29, 0.717) is 0 Å². The molecular weight excluding hydrogens is 501 g/mol. The first-order chi connectivity index (χ1) is 19.3. The smallest absolute Gasteiger partial charge is 0.151 e. The SMILES string of the molecule is CCCCCCC1(CCCCCC)c2cc(C)ccc2-c2ccc(-c3ccc(C)c4nonc34)cc21.[2H]P([B])F. The Morgan fingerprint density at radius 1 is 0.795 bits per heavy atom. The maximum absolute atomic E-state index is 10.5. The van der Waals surface area contributed by atoms with Gasteiger partial charge in [0.1, 0.15) is 11.0 Å². The molecule has 3 aromatic carbocycles. The molecule has 0 amide bonds. The van der Waals surface area contributed by atoms with Crippen LogP contribution in [0.25, 0.3) is 33.3 Å². The van der Waals surface area contributed by atoms with Crippen LogP contribution in [0.15, 0.2) is 53.2 Å². The highest BCUT2D eigenvalue weighted by Crippen LogP contribution is 2.55. The fourth-order valence-corrected chi connectivity index (χ4v) is 6.37. The van der Waals surface area contributed by atoms with Crippen molar-refractivity contribution in [3.8, 4) is 22.3 Å². The summed E-state index contributed by atoms with van der Waals surface area (Å²) >= 11 is 0. The zero-order valence-corrected chi connectivity index (χ0v) is 24.8. The fraction of sp³-hybridized carbons (Fsp3) is 0.455. The highest BCUT2D eigenvalue weighted by Gasteiger charge is 2.42. The van der Waals surface area contributed by atoms with Crippen molar-refractivity contribution in [3.05, 3.63) is 70.8 Å². The van der Waals surface area contributed by atoms with Gasteiger partial charge in [-0.3, -0.25) is 0 Å². The van der Waals surface area contributed by atoms with Crippen LogP contribution in [0.4, 0.5) is 4.20 Å². The van der Waals surface area contributed by atoms with E-state index >= 15 is 0 Å². The van der Waals surface area contributed by atoms with Gasteiger partial charge in [0.05, 0.1) is 1.28 Å². The molecule has 1 heterocycles. The Morgan fingerprint density at radius 3 is 2.00 bits per heavy atom. The Bertz CT molecular complexity index is 1410. The third-order valence-electron chi connectivity index (χ3n) is 8.36. The highest BCUT2D eigenvalue weighted by molar-refractivity contribution is 7.61. The minimum atomic E-state index is -2.37. The van der Waals surface area contributed by atoms with E-state index < -0.39 is 8.72 Å². The lowest BCUT2D eigenvalue weighted by atomic mass is 9.70. The van der Waals surface area contributed by atoms with Gasteiger partial charge < -0.3 is 0 Å². The summed E-state index contributed by atoms with van der Waals surface area (Å²) in [7, 11) is 1.81. The summed E-state index contributed by atoms with van der Waals surface area (Å²) in [5.74, 6) is 0. The lowest BCUT2D eigenvalue weighted by molar-refractivity contribution is 0.315. The van der Waals surface area contributed by atoms with Crippen LogP contribution in [0, 0.1) is 13.8 Å². The molecule has 5 rings (SSSR count). The molecule has 0 aliphatic heterocycles. The van der Waals surface area contributed by atoms with Gasteiger partial charge in [-0.2, -0.15) is 0 Å². The summed E-state index contributed by atoms with van der Waals surface area (Å²) in [5.41, 5.74) is 12.5. The van der Waals surface area contributed by atoms with E-state index in [1.54, 1.807) is 5.56 Å². The van der Waals surface area contributed by atoms with Gasteiger partial charge in [-0.05, 0) is 76.4 Å². The van der Waals surface area contributed by atoms with Crippen LogP contribution in [-0.2, 0) is 5.41 Å². The molecule has 1 aliphatic rings. The van der Waals surface area contributed by atoms with E-state index in [0.717, 1.165) is 22.2 Å². The normalized spacial score (nSPS) is 14.3. The van der Waals surface area contributed by atoms with E-state index in [9.17, 15) is 4.20 Å². The summed E-state index contributed by atoms with van der Waals surface area (Å²) in [6, 6.07) is 18.6. The molecule has 3 nitrogen and oxygen atoms in total. The van der Waals surface area contributed by atoms with Crippen molar-refractivity contribution in [2.75, 3.05) is 0 Å². The Labute approximate surface area is 237 Å². The monoisotopic (exact) mass is 543 g/mol. The Hall–Kier alpha value is -2.52. The van der Waals surface area contributed by atoms with Crippen LogP contribution < -0.4 is 0 Å². The van der Waals surface area contributed by atoms with E-state index in [1.165, 1.54) is 92.0 Å². The van der Waals surface area contributed by atoms with Crippen molar-refractivity contribution in [3.63, 3.8) is 0 Å². The predicted octanol–water partition coefficient (Wildman–Crippen LogP) is 10.3. The van der Waals surface area contributed by atoms with Gasteiger partial charge in [0, 0.05) is 19.7 Å². The average molecular weight is 543 g/mol. The lowest BCUT2D eigenvalue weighted by Crippen LogP contribution is -2.25. The standard InChI is InChI=1S/C33H40N2O.BFHP/c1-5-7-9-11-19-33(20-12-10-8-6-2)29-21-23(3)13-16-27(29)28-18-15-25(22-30(28)33)26-17-14-24(4)31-32(26)35-36-34-31;1-3-2/h13-18,21-22H,5-12,19-20H2,1-4H3;3H/i;3D. The number of nitrogens with zero attached hydrogens (tertiary/aromatic N) is 2.